The first kappa shape index (κ1) is 16.3. The Balaban J connectivity index is 1.73. The summed E-state index contributed by atoms with van der Waals surface area (Å²) >= 11 is 0. The highest BCUT2D eigenvalue weighted by Gasteiger charge is 2.28. The van der Waals surface area contributed by atoms with Crippen LogP contribution >= 0.6 is 0 Å². The fraction of sp³-hybridized carbons (Fsp3) is 0.278. The quantitative estimate of drug-likeness (QED) is 0.647. The number of para-hydroxylation sites is 1. The van der Waals surface area contributed by atoms with E-state index >= 15 is 0 Å². The number of carbonyl (C=O) groups is 1. The standard InChI is InChI=1S/C18H16FN3O4/c19-12-3-1-2-11-13(6-7-26-18(11)12)20-15-9-14-10(4-5-17(23)21-14)8-16(15)22(24)25/h1-3,8-9,13,20H,4-7H2,(H,21,23)/t13-/m0/s1. The van der Waals surface area contributed by atoms with Gasteiger partial charge in [0.05, 0.1) is 17.6 Å². The van der Waals surface area contributed by atoms with Gasteiger partial charge in [0.2, 0.25) is 5.91 Å². The van der Waals surface area contributed by atoms with Crippen molar-refractivity contribution < 1.29 is 18.8 Å². The van der Waals surface area contributed by atoms with Gasteiger partial charge in [-0.3, -0.25) is 14.9 Å². The fourth-order valence-corrected chi connectivity index (χ4v) is 3.41. The minimum atomic E-state index is -0.457. The van der Waals surface area contributed by atoms with Gasteiger partial charge in [0.15, 0.2) is 11.6 Å². The molecular weight excluding hydrogens is 341 g/mol. The predicted molar refractivity (Wildman–Crippen MR) is 92.9 cm³/mol. The van der Waals surface area contributed by atoms with Gasteiger partial charge in [0.25, 0.3) is 5.69 Å². The SMILES string of the molecule is O=C1CCc2cc([N+](=O)[O-])c(N[C@H]3CCOc4c(F)cccc43)cc2N1. The molecule has 26 heavy (non-hydrogen) atoms. The van der Waals surface area contributed by atoms with E-state index in [4.69, 9.17) is 4.74 Å². The second kappa shape index (κ2) is 6.29. The third-order valence-electron chi connectivity index (χ3n) is 4.67. The van der Waals surface area contributed by atoms with E-state index in [0.29, 0.717) is 37.1 Å². The maximum absolute atomic E-state index is 14.0. The lowest BCUT2D eigenvalue weighted by Gasteiger charge is -2.28. The molecule has 134 valence electrons. The third-order valence-corrected chi connectivity index (χ3v) is 4.67. The molecular formula is C18H16FN3O4. The van der Waals surface area contributed by atoms with Gasteiger partial charge in [-0.25, -0.2) is 4.39 Å². The summed E-state index contributed by atoms with van der Waals surface area (Å²) in [5.41, 5.74) is 2.15. The molecule has 0 radical (unpaired) electrons. The van der Waals surface area contributed by atoms with Gasteiger partial charge in [0, 0.05) is 30.2 Å². The minimum absolute atomic E-state index is 0.0654. The third kappa shape index (κ3) is 2.83. The number of hydrogen-bond donors (Lipinski definition) is 2. The molecule has 0 aromatic heterocycles. The molecule has 0 bridgehead atoms. The van der Waals surface area contributed by atoms with Crippen LogP contribution in [0, 0.1) is 15.9 Å². The van der Waals surface area contributed by atoms with E-state index in [0.717, 1.165) is 5.56 Å². The molecule has 8 heteroatoms. The number of halogens is 1. The van der Waals surface area contributed by atoms with Crippen LogP contribution in [0.5, 0.6) is 5.75 Å². The lowest BCUT2D eigenvalue weighted by Crippen LogP contribution is -2.23. The van der Waals surface area contributed by atoms with Crippen molar-refractivity contribution in [2.24, 2.45) is 0 Å². The Morgan fingerprint density at radius 2 is 2.15 bits per heavy atom. The van der Waals surface area contributed by atoms with Crippen LogP contribution < -0.4 is 15.4 Å². The zero-order valence-corrected chi connectivity index (χ0v) is 13.8. The average molecular weight is 357 g/mol. The predicted octanol–water partition coefficient (Wildman–Crippen LogP) is 3.55. The van der Waals surface area contributed by atoms with Gasteiger partial charge >= 0.3 is 0 Å². The Labute approximate surface area is 148 Å². The van der Waals surface area contributed by atoms with Crippen LogP contribution in [0.4, 0.5) is 21.5 Å². The Morgan fingerprint density at radius 1 is 1.31 bits per heavy atom. The highest BCUT2D eigenvalue weighted by Crippen LogP contribution is 2.40. The zero-order chi connectivity index (χ0) is 18.3. The van der Waals surface area contributed by atoms with Gasteiger partial charge in [-0.1, -0.05) is 12.1 Å². The highest BCUT2D eigenvalue weighted by molar-refractivity contribution is 5.95. The second-order valence-corrected chi connectivity index (χ2v) is 6.32. The summed E-state index contributed by atoms with van der Waals surface area (Å²) in [7, 11) is 0. The van der Waals surface area contributed by atoms with Crippen molar-refractivity contribution in [3.05, 3.63) is 57.4 Å². The van der Waals surface area contributed by atoms with E-state index in [9.17, 15) is 19.3 Å². The van der Waals surface area contributed by atoms with E-state index in [2.05, 4.69) is 10.6 Å². The molecule has 2 aliphatic rings. The number of carbonyl (C=O) groups excluding carboxylic acids is 1. The number of hydrogen-bond acceptors (Lipinski definition) is 5. The average Bonchev–Trinajstić information content (AvgIpc) is 2.62. The molecule has 1 atom stereocenters. The van der Waals surface area contributed by atoms with Crippen molar-refractivity contribution in [3.8, 4) is 5.75 Å². The van der Waals surface area contributed by atoms with Gasteiger partial charge in [-0.2, -0.15) is 0 Å². The van der Waals surface area contributed by atoms with Crippen LogP contribution in [0.1, 0.15) is 30.0 Å². The van der Waals surface area contributed by atoms with Crippen LogP contribution in [-0.2, 0) is 11.2 Å². The van der Waals surface area contributed by atoms with E-state index in [1.54, 1.807) is 18.2 Å². The molecule has 0 spiro atoms. The number of ether oxygens (including phenoxy) is 1. The lowest BCUT2D eigenvalue weighted by atomic mass is 9.98. The number of nitro benzene ring substituents is 1. The number of rotatable bonds is 3. The van der Waals surface area contributed by atoms with E-state index in [1.807, 2.05) is 0 Å². The van der Waals surface area contributed by atoms with Crippen molar-refractivity contribution >= 4 is 23.0 Å². The molecule has 1 amide bonds. The van der Waals surface area contributed by atoms with Crippen LogP contribution in [0.2, 0.25) is 0 Å². The number of fused-ring (bicyclic) bond motifs is 2. The largest absolute Gasteiger partial charge is 0.490 e. The van der Waals surface area contributed by atoms with Gasteiger partial charge in [-0.05, 0) is 24.1 Å². The number of nitrogens with one attached hydrogen (secondary N) is 2. The molecule has 0 fully saturated rings. The Hall–Kier alpha value is -3.16. The Bertz CT molecular complexity index is 916. The molecule has 0 saturated heterocycles. The maximum Gasteiger partial charge on any atom is 0.292 e. The molecule has 7 nitrogen and oxygen atoms in total. The molecule has 0 unspecified atom stereocenters. The van der Waals surface area contributed by atoms with Crippen LogP contribution in [0.15, 0.2) is 30.3 Å². The molecule has 4 rings (SSSR count). The van der Waals surface area contributed by atoms with Crippen molar-refractivity contribution in [1.29, 1.82) is 0 Å². The molecule has 2 N–H and O–H groups in total. The molecule has 2 aliphatic heterocycles. The monoisotopic (exact) mass is 357 g/mol. The first-order valence-electron chi connectivity index (χ1n) is 8.32. The maximum atomic E-state index is 14.0. The number of nitrogens with zero attached hydrogens (tertiary/aromatic N) is 1. The van der Waals surface area contributed by atoms with Crippen molar-refractivity contribution in [1.82, 2.24) is 0 Å². The van der Waals surface area contributed by atoms with Crippen molar-refractivity contribution in [3.63, 3.8) is 0 Å². The van der Waals surface area contributed by atoms with Gasteiger partial charge < -0.3 is 15.4 Å². The highest BCUT2D eigenvalue weighted by atomic mass is 19.1. The molecule has 0 aliphatic carbocycles. The molecule has 2 heterocycles. The minimum Gasteiger partial charge on any atom is -0.490 e. The summed E-state index contributed by atoms with van der Waals surface area (Å²) in [6.45, 7) is 0.307. The summed E-state index contributed by atoms with van der Waals surface area (Å²) in [4.78, 5) is 22.7. The molecule has 2 aromatic rings. The van der Waals surface area contributed by atoms with Crippen LogP contribution in [0.3, 0.4) is 0 Å². The Kier molecular flexibility index (Phi) is 3.95. The van der Waals surface area contributed by atoms with E-state index < -0.39 is 10.7 Å². The summed E-state index contributed by atoms with van der Waals surface area (Å²) in [5.74, 6) is -0.401. The first-order chi connectivity index (χ1) is 12.5. The summed E-state index contributed by atoms with van der Waals surface area (Å²) in [6, 6.07) is 7.38. The topological polar surface area (TPSA) is 93.5 Å². The van der Waals surface area contributed by atoms with Crippen molar-refractivity contribution in [2.75, 3.05) is 17.2 Å². The van der Waals surface area contributed by atoms with E-state index in [-0.39, 0.29) is 29.1 Å². The van der Waals surface area contributed by atoms with Gasteiger partial charge in [0.1, 0.15) is 5.69 Å². The summed E-state index contributed by atoms with van der Waals surface area (Å²) < 4.78 is 19.3. The van der Waals surface area contributed by atoms with Crippen LogP contribution in [0.25, 0.3) is 0 Å². The molecule has 2 aromatic carbocycles. The zero-order valence-electron chi connectivity index (χ0n) is 13.8. The van der Waals surface area contributed by atoms with E-state index in [1.165, 1.54) is 12.1 Å². The summed E-state index contributed by atoms with van der Waals surface area (Å²) in [5, 5.41) is 17.4. The van der Waals surface area contributed by atoms with Gasteiger partial charge in [-0.15, -0.1) is 0 Å². The smallest absolute Gasteiger partial charge is 0.292 e. The number of nitro groups is 1. The fourth-order valence-electron chi connectivity index (χ4n) is 3.41. The Morgan fingerprint density at radius 3 is 2.96 bits per heavy atom. The summed E-state index contributed by atoms with van der Waals surface area (Å²) in [6.07, 6.45) is 1.31. The second-order valence-electron chi connectivity index (χ2n) is 6.32. The number of anilines is 2. The lowest BCUT2D eigenvalue weighted by molar-refractivity contribution is -0.384. The number of benzene rings is 2. The molecule has 0 saturated carbocycles. The normalized spacial score (nSPS) is 18.2. The number of aryl methyl sites for hydroxylation is 1. The first-order valence-corrected chi connectivity index (χ1v) is 8.32. The van der Waals surface area contributed by atoms with Crippen molar-refractivity contribution in [2.45, 2.75) is 25.3 Å². The number of amides is 1. The van der Waals surface area contributed by atoms with Crippen LogP contribution in [-0.4, -0.2) is 17.4 Å².